The maximum atomic E-state index is 12.3. The number of hydrogen-bond donors (Lipinski definition) is 0. The monoisotopic (exact) mass is 327 g/mol. The molecule has 18 heavy (non-hydrogen) atoms. The highest BCUT2D eigenvalue weighted by Gasteiger charge is 2.18. The van der Waals surface area contributed by atoms with Gasteiger partial charge in [0.1, 0.15) is 0 Å². The summed E-state index contributed by atoms with van der Waals surface area (Å²) in [4.78, 5) is 13.8. The first-order valence-electron chi connectivity index (χ1n) is 5.21. The van der Waals surface area contributed by atoms with E-state index in [1.807, 2.05) is 0 Å². The molecule has 0 bridgehead atoms. The van der Waals surface area contributed by atoms with E-state index in [2.05, 4.69) is 21.0 Å². The minimum absolute atomic E-state index is 0.172. The van der Waals surface area contributed by atoms with Crippen molar-refractivity contribution >= 4 is 39.1 Å². The number of aryl methyl sites for hydroxylation is 1. The summed E-state index contributed by atoms with van der Waals surface area (Å²) in [6.07, 6.45) is 3.40. The van der Waals surface area contributed by atoms with E-state index < -0.39 is 0 Å². The van der Waals surface area contributed by atoms with Crippen LogP contribution < -0.4 is 4.90 Å². The Hall–Kier alpha value is -1.33. The Morgan fingerprint density at radius 1 is 1.50 bits per heavy atom. The minimum atomic E-state index is -0.172. The standard InChI is InChI=1S/C12H11BrClN3O/c1-16-7-8(6-15-16)17(2)12(18)9-4-3-5-10(13)11(9)14/h3-7H,1-2H3. The number of rotatable bonds is 2. The third kappa shape index (κ3) is 2.42. The molecule has 2 aromatic rings. The van der Waals surface area contributed by atoms with Crippen molar-refractivity contribution in [2.45, 2.75) is 0 Å². The van der Waals surface area contributed by atoms with Crippen molar-refractivity contribution in [1.82, 2.24) is 9.78 Å². The van der Waals surface area contributed by atoms with Gasteiger partial charge in [0.2, 0.25) is 0 Å². The lowest BCUT2D eigenvalue weighted by Gasteiger charge is -2.16. The van der Waals surface area contributed by atoms with E-state index in [9.17, 15) is 4.79 Å². The van der Waals surface area contributed by atoms with Gasteiger partial charge in [0.15, 0.2) is 0 Å². The molecule has 1 amide bonds. The van der Waals surface area contributed by atoms with Gasteiger partial charge in [0, 0.05) is 24.8 Å². The number of benzene rings is 1. The number of halogens is 2. The zero-order valence-corrected chi connectivity index (χ0v) is 12.2. The van der Waals surface area contributed by atoms with E-state index in [-0.39, 0.29) is 5.91 Å². The van der Waals surface area contributed by atoms with Gasteiger partial charge in [0.25, 0.3) is 5.91 Å². The summed E-state index contributed by atoms with van der Waals surface area (Å²) in [7, 11) is 3.49. The fourth-order valence-corrected chi connectivity index (χ4v) is 2.12. The van der Waals surface area contributed by atoms with Crippen LogP contribution in [0.25, 0.3) is 0 Å². The average molecular weight is 329 g/mol. The molecule has 0 unspecified atom stereocenters. The second-order valence-corrected chi connectivity index (χ2v) is 5.07. The van der Waals surface area contributed by atoms with Crippen molar-refractivity contribution in [3.05, 3.63) is 45.7 Å². The molecular formula is C12H11BrClN3O. The molecule has 1 aromatic heterocycles. The van der Waals surface area contributed by atoms with Crippen LogP contribution in [0.2, 0.25) is 5.02 Å². The number of anilines is 1. The van der Waals surface area contributed by atoms with Crippen molar-refractivity contribution in [2.75, 3.05) is 11.9 Å². The first-order chi connectivity index (χ1) is 8.50. The second kappa shape index (κ2) is 5.12. The first-order valence-corrected chi connectivity index (χ1v) is 6.38. The highest BCUT2D eigenvalue weighted by Crippen LogP contribution is 2.27. The molecule has 0 spiro atoms. The van der Waals surface area contributed by atoms with Crippen molar-refractivity contribution in [3.8, 4) is 0 Å². The lowest BCUT2D eigenvalue weighted by molar-refractivity contribution is 0.0993. The van der Waals surface area contributed by atoms with Gasteiger partial charge < -0.3 is 4.90 Å². The Balaban J connectivity index is 2.34. The molecule has 0 radical (unpaired) electrons. The SMILES string of the molecule is CN(C(=O)c1cccc(Br)c1Cl)c1cnn(C)c1. The van der Waals surface area contributed by atoms with Crippen LogP contribution in [0.5, 0.6) is 0 Å². The van der Waals surface area contributed by atoms with Crippen LogP contribution in [0, 0.1) is 0 Å². The van der Waals surface area contributed by atoms with E-state index in [0.29, 0.717) is 15.1 Å². The first kappa shape index (κ1) is 13.1. The zero-order valence-electron chi connectivity index (χ0n) is 9.89. The molecule has 0 N–H and O–H groups in total. The van der Waals surface area contributed by atoms with Crippen LogP contribution in [-0.4, -0.2) is 22.7 Å². The Bertz CT molecular complexity index is 597. The van der Waals surface area contributed by atoms with Crippen molar-refractivity contribution in [3.63, 3.8) is 0 Å². The van der Waals surface area contributed by atoms with E-state index in [4.69, 9.17) is 11.6 Å². The second-order valence-electron chi connectivity index (χ2n) is 3.84. The molecule has 1 aromatic carbocycles. The van der Waals surface area contributed by atoms with Crippen LogP contribution in [-0.2, 0) is 7.05 Å². The molecular weight excluding hydrogens is 318 g/mol. The van der Waals surface area contributed by atoms with E-state index >= 15 is 0 Å². The quantitative estimate of drug-likeness (QED) is 0.849. The number of hydrogen-bond acceptors (Lipinski definition) is 2. The molecule has 0 saturated carbocycles. The Labute approximate surface area is 118 Å². The predicted octanol–water partition coefficient (Wildman–Crippen LogP) is 3.11. The Kier molecular flexibility index (Phi) is 3.73. The largest absolute Gasteiger partial charge is 0.308 e. The van der Waals surface area contributed by atoms with Gasteiger partial charge in [-0.3, -0.25) is 9.48 Å². The minimum Gasteiger partial charge on any atom is -0.308 e. The van der Waals surface area contributed by atoms with Crippen molar-refractivity contribution < 1.29 is 4.79 Å². The summed E-state index contributed by atoms with van der Waals surface area (Å²) in [6, 6.07) is 5.27. The maximum Gasteiger partial charge on any atom is 0.259 e. The van der Waals surface area contributed by atoms with Crippen molar-refractivity contribution in [1.29, 1.82) is 0 Å². The number of carbonyl (C=O) groups excluding carboxylic acids is 1. The Morgan fingerprint density at radius 3 is 2.83 bits per heavy atom. The molecule has 0 atom stereocenters. The normalized spacial score (nSPS) is 10.4. The van der Waals surface area contributed by atoms with E-state index in [0.717, 1.165) is 5.69 Å². The fraction of sp³-hybridized carbons (Fsp3) is 0.167. The Morgan fingerprint density at radius 2 is 2.22 bits per heavy atom. The average Bonchev–Trinajstić information content (AvgIpc) is 2.77. The third-order valence-electron chi connectivity index (χ3n) is 2.57. The summed E-state index contributed by atoms with van der Waals surface area (Å²) in [6.45, 7) is 0. The van der Waals surface area contributed by atoms with Crippen molar-refractivity contribution in [2.24, 2.45) is 7.05 Å². The van der Waals surface area contributed by atoms with Gasteiger partial charge in [-0.15, -0.1) is 0 Å². The van der Waals surface area contributed by atoms with Crippen LogP contribution in [0.4, 0.5) is 5.69 Å². The van der Waals surface area contributed by atoms with Crippen LogP contribution in [0.1, 0.15) is 10.4 Å². The maximum absolute atomic E-state index is 12.3. The molecule has 4 nitrogen and oxygen atoms in total. The number of nitrogens with zero attached hydrogens (tertiary/aromatic N) is 3. The van der Waals surface area contributed by atoms with Crippen LogP contribution in [0.15, 0.2) is 35.1 Å². The molecule has 94 valence electrons. The topological polar surface area (TPSA) is 38.1 Å². The summed E-state index contributed by atoms with van der Waals surface area (Å²) in [5.41, 5.74) is 1.18. The molecule has 0 aliphatic carbocycles. The van der Waals surface area contributed by atoms with Gasteiger partial charge in [-0.1, -0.05) is 17.7 Å². The summed E-state index contributed by atoms with van der Waals surface area (Å²) < 4.78 is 2.34. The van der Waals surface area contributed by atoms with Crippen LogP contribution >= 0.6 is 27.5 Å². The molecule has 0 saturated heterocycles. The van der Waals surface area contributed by atoms with E-state index in [1.54, 1.807) is 49.4 Å². The molecule has 0 aliphatic rings. The lowest BCUT2D eigenvalue weighted by Crippen LogP contribution is -2.26. The molecule has 0 aliphatic heterocycles. The molecule has 6 heteroatoms. The number of carbonyl (C=O) groups is 1. The number of aromatic nitrogens is 2. The molecule has 2 rings (SSSR count). The van der Waals surface area contributed by atoms with Gasteiger partial charge in [0.05, 0.1) is 22.5 Å². The van der Waals surface area contributed by atoms with Crippen LogP contribution in [0.3, 0.4) is 0 Å². The van der Waals surface area contributed by atoms with E-state index in [1.165, 1.54) is 4.90 Å². The summed E-state index contributed by atoms with van der Waals surface area (Å²) in [5, 5.41) is 4.45. The molecule has 0 fully saturated rings. The van der Waals surface area contributed by atoms with Gasteiger partial charge in [-0.2, -0.15) is 5.10 Å². The highest BCUT2D eigenvalue weighted by molar-refractivity contribution is 9.10. The lowest BCUT2D eigenvalue weighted by atomic mass is 10.2. The van der Waals surface area contributed by atoms with Gasteiger partial charge in [-0.25, -0.2) is 0 Å². The number of amides is 1. The van der Waals surface area contributed by atoms with Gasteiger partial charge in [-0.05, 0) is 28.1 Å². The molecule has 1 heterocycles. The summed E-state index contributed by atoms with van der Waals surface area (Å²) >= 11 is 9.41. The fourth-order valence-electron chi connectivity index (χ4n) is 1.55. The zero-order chi connectivity index (χ0) is 13.3. The predicted molar refractivity (Wildman–Crippen MR) is 75.1 cm³/mol. The third-order valence-corrected chi connectivity index (χ3v) is 3.86. The van der Waals surface area contributed by atoms with Gasteiger partial charge >= 0.3 is 0 Å². The summed E-state index contributed by atoms with van der Waals surface area (Å²) in [5.74, 6) is -0.172. The smallest absolute Gasteiger partial charge is 0.259 e. The highest BCUT2D eigenvalue weighted by atomic mass is 79.9.